The number of nitrogens with zero attached hydrogens (tertiary/aromatic N) is 4. The number of esters is 1. The van der Waals surface area contributed by atoms with Crippen LogP contribution >= 0.6 is 0 Å². The molecule has 3 aromatic heterocycles. The molecule has 0 radical (unpaired) electrons. The molecule has 9 nitrogen and oxygen atoms in total. The molecule has 1 amide bonds. The second-order valence-corrected chi connectivity index (χ2v) is 9.25. The van der Waals surface area contributed by atoms with E-state index in [0.717, 1.165) is 18.4 Å². The molecular formula is C29H30N4O5. The highest BCUT2D eigenvalue weighted by Crippen LogP contribution is 2.21. The largest absolute Gasteiger partial charge is 0.462 e. The lowest BCUT2D eigenvalue weighted by Gasteiger charge is -2.18. The van der Waals surface area contributed by atoms with Gasteiger partial charge in [0.1, 0.15) is 16.9 Å². The Balaban J connectivity index is 1.82. The van der Waals surface area contributed by atoms with Gasteiger partial charge in [-0.05, 0) is 49.9 Å². The van der Waals surface area contributed by atoms with E-state index >= 15 is 0 Å². The van der Waals surface area contributed by atoms with E-state index in [1.807, 2.05) is 37.3 Å². The van der Waals surface area contributed by atoms with E-state index in [0.29, 0.717) is 24.3 Å². The second kappa shape index (κ2) is 11.1. The van der Waals surface area contributed by atoms with Crippen molar-refractivity contribution in [2.24, 2.45) is 4.99 Å². The van der Waals surface area contributed by atoms with Gasteiger partial charge < -0.3 is 14.0 Å². The number of carbonyl (C=O) groups is 2. The molecule has 4 aromatic rings. The Morgan fingerprint density at radius 1 is 1.16 bits per heavy atom. The lowest BCUT2D eigenvalue weighted by Crippen LogP contribution is -2.35. The average Bonchev–Trinajstić information content (AvgIpc) is 3.45. The second-order valence-electron chi connectivity index (χ2n) is 9.25. The molecule has 0 aliphatic carbocycles. The van der Waals surface area contributed by atoms with Crippen molar-refractivity contribution in [3.63, 3.8) is 0 Å². The van der Waals surface area contributed by atoms with Gasteiger partial charge in [0.15, 0.2) is 5.49 Å². The standard InChI is InChI=1S/C29H30N4O5/c1-3-21(19-11-6-5-7-12-19)27(34)31-26-23(29(36)37-4-2)17-22-25(33(26)18-20-13-10-16-38-20)30-24-14-8-9-15-32(24)28(22)35/h5-9,11-12,14-15,17,20-21H,3-4,10,13,16,18H2,1-2H3/t20-,21+/m1/s1. The Kier molecular flexibility index (Phi) is 7.46. The van der Waals surface area contributed by atoms with Crippen LogP contribution in [-0.2, 0) is 20.8 Å². The maximum Gasteiger partial charge on any atom is 0.341 e. The number of benzene rings is 1. The molecular weight excluding hydrogens is 484 g/mol. The van der Waals surface area contributed by atoms with Gasteiger partial charge in [-0.3, -0.25) is 14.0 Å². The maximum atomic E-state index is 13.6. The van der Waals surface area contributed by atoms with Crippen LogP contribution in [0.25, 0.3) is 16.7 Å². The van der Waals surface area contributed by atoms with E-state index < -0.39 is 11.9 Å². The first-order chi connectivity index (χ1) is 18.5. The molecule has 0 bridgehead atoms. The van der Waals surface area contributed by atoms with Gasteiger partial charge in [-0.25, -0.2) is 9.78 Å². The number of hydrogen-bond donors (Lipinski definition) is 0. The van der Waals surface area contributed by atoms with Gasteiger partial charge in [0, 0.05) is 12.8 Å². The van der Waals surface area contributed by atoms with E-state index in [1.165, 1.54) is 10.5 Å². The highest BCUT2D eigenvalue weighted by molar-refractivity contribution is 5.94. The van der Waals surface area contributed by atoms with Crippen molar-refractivity contribution in [2.45, 2.75) is 51.7 Å². The molecule has 1 aromatic carbocycles. The molecule has 2 atom stereocenters. The first-order valence-electron chi connectivity index (χ1n) is 13.0. The van der Waals surface area contributed by atoms with Crippen LogP contribution in [0.15, 0.2) is 70.6 Å². The van der Waals surface area contributed by atoms with Gasteiger partial charge in [-0.1, -0.05) is 43.3 Å². The van der Waals surface area contributed by atoms with Crippen LogP contribution < -0.4 is 11.0 Å². The summed E-state index contributed by atoms with van der Waals surface area (Å²) in [5, 5.41) is 0.233. The number of rotatable bonds is 7. The number of ether oxygens (including phenoxy) is 2. The molecule has 0 unspecified atom stereocenters. The van der Waals surface area contributed by atoms with Crippen LogP contribution in [0.5, 0.6) is 0 Å². The molecule has 1 aliphatic heterocycles. The van der Waals surface area contributed by atoms with Crippen LogP contribution in [0.4, 0.5) is 0 Å². The van der Waals surface area contributed by atoms with Crippen molar-refractivity contribution in [3.05, 3.63) is 87.8 Å². The number of pyridine rings is 2. The monoisotopic (exact) mass is 514 g/mol. The fraction of sp³-hybridized carbons (Fsp3) is 0.345. The van der Waals surface area contributed by atoms with Crippen molar-refractivity contribution >= 4 is 28.6 Å². The van der Waals surface area contributed by atoms with Crippen LogP contribution in [0, 0.1) is 0 Å². The molecule has 1 aliphatic rings. The quantitative estimate of drug-likeness (QED) is 0.276. The van der Waals surface area contributed by atoms with E-state index in [-0.39, 0.29) is 47.2 Å². The molecule has 0 N–H and O–H groups in total. The summed E-state index contributed by atoms with van der Waals surface area (Å²) in [6, 6.07) is 16.2. The highest BCUT2D eigenvalue weighted by Gasteiger charge is 2.25. The van der Waals surface area contributed by atoms with E-state index in [2.05, 4.69) is 4.99 Å². The zero-order valence-electron chi connectivity index (χ0n) is 21.5. The summed E-state index contributed by atoms with van der Waals surface area (Å²) in [7, 11) is 0. The minimum absolute atomic E-state index is 0.0448. The summed E-state index contributed by atoms with van der Waals surface area (Å²) in [5.41, 5.74) is 1.47. The third-order valence-electron chi connectivity index (χ3n) is 6.82. The Morgan fingerprint density at radius 3 is 2.66 bits per heavy atom. The first kappa shape index (κ1) is 25.5. The summed E-state index contributed by atoms with van der Waals surface area (Å²) in [5.74, 6) is -1.54. The van der Waals surface area contributed by atoms with E-state index in [9.17, 15) is 14.4 Å². The minimum atomic E-state index is -0.660. The summed E-state index contributed by atoms with van der Waals surface area (Å²) in [4.78, 5) is 49.6. The Bertz CT molecular complexity index is 1620. The smallest absolute Gasteiger partial charge is 0.341 e. The van der Waals surface area contributed by atoms with E-state index in [4.69, 9.17) is 14.5 Å². The minimum Gasteiger partial charge on any atom is -0.462 e. The summed E-state index contributed by atoms with van der Waals surface area (Å²) in [6.07, 6.45) is 3.70. The van der Waals surface area contributed by atoms with Gasteiger partial charge >= 0.3 is 5.97 Å². The van der Waals surface area contributed by atoms with Crippen molar-refractivity contribution < 1.29 is 19.1 Å². The molecule has 0 spiro atoms. The van der Waals surface area contributed by atoms with E-state index in [1.54, 1.807) is 35.9 Å². The van der Waals surface area contributed by atoms with Crippen molar-refractivity contribution in [1.82, 2.24) is 14.0 Å². The van der Waals surface area contributed by atoms with Crippen LogP contribution in [-0.4, -0.2) is 45.1 Å². The van der Waals surface area contributed by atoms with Crippen LogP contribution in [0.3, 0.4) is 0 Å². The van der Waals surface area contributed by atoms with Crippen LogP contribution in [0.1, 0.15) is 54.9 Å². The number of fused-ring (bicyclic) bond motifs is 2. The summed E-state index contributed by atoms with van der Waals surface area (Å²) < 4.78 is 14.3. The molecule has 0 saturated carbocycles. The predicted octanol–water partition coefficient (Wildman–Crippen LogP) is 3.63. The third-order valence-corrected chi connectivity index (χ3v) is 6.82. The van der Waals surface area contributed by atoms with Gasteiger partial charge in [0.2, 0.25) is 0 Å². The Labute approximate surface area is 219 Å². The summed E-state index contributed by atoms with van der Waals surface area (Å²) >= 11 is 0. The molecule has 196 valence electrons. The Morgan fingerprint density at radius 2 is 1.95 bits per heavy atom. The fourth-order valence-corrected chi connectivity index (χ4v) is 4.94. The first-order valence-corrected chi connectivity index (χ1v) is 13.0. The lowest BCUT2D eigenvalue weighted by molar-refractivity contribution is -0.119. The molecule has 5 rings (SSSR count). The lowest BCUT2D eigenvalue weighted by atomic mass is 9.96. The number of aromatic nitrogens is 3. The predicted molar refractivity (Wildman–Crippen MR) is 142 cm³/mol. The normalized spacial score (nSPS) is 16.7. The molecule has 9 heteroatoms. The summed E-state index contributed by atoms with van der Waals surface area (Å²) in [6.45, 7) is 4.66. The van der Waals surface area contributed by atoms with Crippen molar-refractivity contribution in [1.29, 1.82) is 0 Å². The maximum absolute atomic E-state index is 13.6. The Hall–Kier alpha value is -4.11. The number of hydrogen-bond acceptors (Lipinski definition) is 6. The zero-order valence-corrected chi connectivity index (χ0v) is 21.5. The average molecular weight is 515 g/mol. The van der Waals surface area contributed by atoms with Gasteiger partial charge in [-0.15, -0.1) is 0 Å². The molecule has 38 heavy (non-hydrogen) atoms. The molecule has 1 fully saturated rings. The number of amides is 1. The van der Waals surface area contributed by atoms with Crippen LogP contribution in [0.2, 0.25) is 0 Å². The van der Waals surface area contributed by atoms with Crippen molar-refractivity contribution in [2.75, 3.05) is 13.2 Å². The topological polar surface area (TPSA) is 104 Å². The van der Waals surface area contributed by atoms with Gasteiger partial charge in [-0.2, -0.15) is 4.99 Å². The SMILES string of the molecule is CCOC(=O)c1cc2c(=O)n3ccccc3nc2n(C[C@H]2CCCO2)c1=NC(=O)[C@@H](CC)c1ccccc1. The third kappa shape index (κ3) is 4.89. The molecule has 4 heterocycles. The molecule has 1 saturated heterocycles. The van der Waals surface area contributed by atoms with Crippen molar-refractivity contribution in [3.8, 4) is 0 Å². The zero-order chi connectivity index (χ0) is 26.6. The fourth-order valence-electron chi connectivity index (χ4n) is 4.94. The number of carbonyl (C=O) groups excluding carboxylic acids is 2. The highest BCUT2D eigenvalue weighted by atomic mass is 16.5. The van der Waals surface area contributed by atoms with Gasteiger partial charge in [0.25, 0.3) is 11.5 Å². The van der Waals surface area contributed by atoms with Gasteiger partial charge in [0.05, 0.1) is 30.6 Å².